The number of fused-ring (bicyclic) bond motifs is 1. The first-order chi connectivity index (χ1) is 42.0. The monoisotopic (exact) mass is 1260 g/mol. The minimum atomic E-state index is -2.52. The van der Waals surface area contributed by atoms with Crippen LogP contribution in [0.3, 0.4) is 0 Å². The lowest BCUT2D eigenvalue weighted by Gasteiger charge is -2.42. The van der Waals surface area contributed by atoms with Crippen LogP contribution in [0.5, 0.6) is 17.2 Å². The molecule has 7 rings (SSSR count). The molecule has 2 aromatic heterocycles. The first kappa shape index (κ1) is 69.6. The molecule has 1 aliphatic heterocycles. The average Bonchev–Trinajstić information content (AvgIpc) is 1.61. The Bertz CT molecular complexity index is 3080. The van der Waals surface area contributed by atoms with Gasteiger partial charge in [-0.05, 0) is 108 Å². The van der Waals surface area contributed by atoms with Crippen molar-refractivity contribution in [3.05, 3.63) is 138 Å². The molecule has 1 aliphatic rings. The number of ether oxygens (including phenoxy) is 6. The molecule has 6 aromatic rings. The van der Waals surface area contributed by atoms with Gasteiger partial charge in [0, 0.05) is 17.6 Å². The zero-order valence-electron chi connectivity index (χ0n) is 55.1. The third-order valence-corrected chi connectivity index (χ3v) is 31.4. The molecule has 0 radical (unpaired) electrons. The van der Waals surface area contributed by atoms with Crippen molar-refractivity contribution in [2.24, 2.45) is 0 Å². The highest BCUT2D eigenvalue weighted by Crippen LogP contribution is 2.53. The normalized spacial score (nSPS) is 17.2. The summed E-state index contributed by atoms with van der Waals surface area (Å²) in [4.78, 5) is 28.2. The Labute approximate surface area is 526 Å². The molecule has 5 atom stereocenters. The summed E-state index contributed by atoms with van der Waals surface area (Å²) < 4.78 is 72.0. The molecule has 1 unspecified atom stereocenters. The van der Waals surface area contributed by atoms with E-state index >= 15 is 0 Å². The maximum absolute atomic E-state index is 14.0. The van der Waals surface area contributed by atoms with E-state index in [0.29, 0.717) is 39.5 Å². The Kier molecular flexibility index (Phi) is 24.7. The van der Waals surface area contributed by atoms with Gasteiger partial charge in [0.15, 0.2) is 23.2 Å². The lowest BCUT2D eigenvalue weighted by Crippen LogP contribution is -2.50. The number of nitriles is 1. The number of imidazole rings is 1. The number of rotatable bonds is 32. The van der Waals surface area contributed by atoms with E-state index < -0.39 is 61.4 Å². The highest BCUT2D eigenvalue weighted by molar-refractivity contribution is 7.44. The second kappa shape index (κ2) is 31.3. The minimum Gasteiger partial charge on any atom is -0.542 e. The number of carbonyl (C=O) groups excluding carboxylic acids is 1. The van der Waals surface area contributed by atoms with E-state index in [-0.39, 0.29) is 73.1 Å². The molecule has 18 nitrogen and oxygen atoms in total. The van der Waals surface area contributed by atoms with Crippen LogP contribution in [0.4, 0.5) is 10.6 Å². The van der Waals surface area contributed by atoms with Crippen molar-refractivity contribution in [1.82, 2.24) is 24.2 Å². The number of para-hydroxylation sites is 1. The standard InChI is InChI=1S/C67H96N7O11PSi2/c1-44(2)74(45(3)4)86(81-38-24-37-68)84-61-59(40-80-67(53-26-20-19-21-27-53,54-29-33-56(76-17)34-30-54)55-31-35-57(77-18)36-32-55)83-65(62(61)79-43-82-87(46(5)6,47(7)8)48(9)10)73-42-71-60-63(69-41-70-64(60)73)72-66(75)78-39-52-25-22-23-28-58(52)85-88(49(11)12,50(13)14)51(15)16/h19-23,25-36,41-42,44-51,59,61-62,65H,24,38-40,43H2,1-18H3,(H,69,70,72,75)/t59-,61-,62-,65-,86?/m1/s1. The Morgan fingerprint density at radius 1 is 0.705 bits per heavy atom. The zero-order valence-corrected chi connectivity index (χ0v) is 57.9. The second-order valence-corrected chi connectivity index (χ2v) is 37.2. The molecule has 0 bridgehead atoms. The summed E-state index contributed by atoms with van der Waals surface area (Å²) in [5, 5.41) is 12.7. The first-order valence-corrected chi connectivity index (χ1v) is 36.5. The summed E-state index contributed by atoms with van der Waals surface area (Å²) in [5.41, 5.74) is 4.41. The molecule has 1 fully saturated rings. The third kappa shape index (κ3) is 15.1. The van der Waals surface area contributed by atoms with Gasteiger partial charge in [0.05, 0.1) is 46.3 Å². The van der Waals surface area contributed by atoms with Gasteiger partial charge in [-0.15, -0.1) is 0 Å². The number of nitrogens with zero attached hydrogens (tertiary/aromatic N) is 6. The average molecular weight is 1260 g/mol. The number of nitrogens with one attached hydrogen (secondary N) is 1. The number of methoxy groups -OCH3 is 2. The third-order valence-electron chi connectivity index (χ3n) is 17.3. The quantitative estimate of drug-likeness (QED) is 0.0138. The smallest absolute Gasteiger partial charge is 0.413 e. The summed E-state index contributed by atoms with van der Waals surface area (Å²) in [7, 11) is -3.49. The highest BCUT2D eigenvalue weighted by Gasteiger charge is 2.53. The fraction of sp³-hybridized carbons (Fsp3) is 0.537. The van der Waals surface area contributed by atoms with Gasteiger partial charge in [-0.2, -0.15) is 5.26 Å². The second-order valence-electron chi connectivity index (χ2n) is 25.0. The Morgan fingerprint density at radius 2 is 1.25 bits per heavy atom. The minimum absolute atomic E-state index is 0.0370. The largest absolute Gasteiger partial charge is 0.542 e. The van der Waals surface area contributed by atoms with Gasteiger partial charge >= 0.3 is 6.09 Å². The van der Waals surface area contributed by atoms with Crippen LogP contribution in [0.25, 0.3) is 11.2 Å². The molecule has 478 valence electrons. The summed E-state index contributed by atoms with van der Waals surface area (Å²) in [6.45, 7) is 35.2. The van der Waals surface area contributed by atoms with Crippen molar-refractivity contribution >= 4 is 48.2 Å². The van der Waals surface area contributed by atoms with Crippen molar-refractivity contribution in [2.75, 3.05) is 39.5 Å². The van der Waals surface area contributed by atoms with Gasteiger partial charge in [-0.1, -0.05) is 156 Å². The van der Waals surface area contributed by atoms with Gasteiger partial charge in [0.1, 0.15) is 60.9 Å². The van der Waals surface area contributed by atoms with Crippen LogP contribution >= 0.6 is 8.53 Å². The Hall–Kier alpha value is -5.83. The molecule has 1 N–H and O–H groups in total. The summed E-state index contributed by atoms with van der Waals surface area (Å²) >= 11 is 0. The molecule has 21 heteroatoms. The lowest BCUT2D eigenvalue weighted by molar-refractivity contribution is -0.113. The molecule has 0 aliphatic carbocycles. The number of hydrogen-bond acceptors (Lipinski definition) is 16. The predicted molar refractivity (Wildman–Crippen MR) is 351 cm³/mol. The van der Waals surface area contributed by atoms with Crippen LogP contribution in [0.15, 0.2) is 116 Å². The Morgan fingerprint density at radius 3 is 1.78 bits per heavy atom. The Balaban J connectivity index is 1.35. The zero-order chi connectivity index (χ0) is 64.1. The van der Waals surface area contributed by atoms with Crippen LogP contribution in [0.2, 0.25) is 33.2 Å². The number of aromatic nitrogens is 4. The molecule has 4 aromatic carbocycles. The van der Waals surface area contributed by atoms with Crippen LogP contribution in [-0.2, 0) is 44.6 Å². The fourth-order valence-electron chi connectivity index (χ4n) is 13.4. The first-order valence-electron chi connectivity index (χ1n) is 31.0. The molecule has 3 heterocycles. The van der Waals surface area contributed by atoms with Gasteiger partial charge in [-0.25, -0.2) is 24.4 Å². The SMILES string of the molecule is COc1ccc(C(OC[C@H]2O[C@@H](n3cnc4c(NC(=O)OCc5ccccc5O[Si](C(C)C)(C(C)C)C(C)C)ncnc43)[C@H](OCO[Si](C(C)C)(C(C)C)C(C)C)[C@@H]2OP(OCCC#N)N(C(C)C)C(C)C)(c2ccccc2)c2ccc(OC)cc2)cc1. The number of anilines is 1. The van der Waals surface area contributed by atoms with Crippen molar-refractivity contribution in [3.63, 3.8) is 0 Å². The van der Waals surface area contributed by atoms with Crippen LogP contribution < -0.4 is 19.2 Å². The maximum Gasteiger partial charge on any atom is 0.413 e. The van der Waals surface area contributed by atoms with E-state index in [2.05, 4.69) is 144 Å². The van der Waals surface area contributed by atoms with Crippen molar-refractivity contribution < 1.29 is 51.1 Å². The molecule has 88 heavy (non-hydrogen) atoms. The van der Waals surface area contributed by atoms with E-state index in [1.807, 2.05) is 91.0 Å². The van der Waals surface area contributed by atoms with Crippen molar-refractivity contribution in [3.8, 4) is 23.3 Å². The summed E-state index contributed by atoms with van der Waals surface area (Å²) in [6.07, 6.45) is -1.37. The molecular formula is C67H96N7O11PSi2. The maximum atomic E-state index is 14.0. The molecular weight excluding hydrogens is 1170 g/mol. The number of carbonyl (C=O) groups is 1. The van der Waals surface area contributed by atoms with Crippen LogP contribution in [-0.4, -0.2) is 112 Å². The molecule has 1 amide bonds. The van der Waals surface area contributed by atoms with Gasteiger partial charge in [-0.3, -0.25) is 9.88 Å². The van der Waals surface area contributed by atoms with Crippen LogP contribution in [0, 0.1) is 11.3 Å². The van der Waals surface area contributed by atoms with Gasteiger partial charge in [0.2, 0.25) is 8.32 Å². The number of benzene rings is 4. The van der Waals surface area contributed by atoms with E-state index in [0.717, 1.165) is 22.3 Å². The highest BCUT2D eigenvalue weighted by atomic mass is 31.2. The van der Waals surface area contributed by atoms with Gasteiger partial charge < -0.3 is 46.3 Å². The summed E-state index contributed by atoms with van der Waals surface area (Å²) in [5.74, 6) is 2.21. The molecule has 0 spiro atoms. The van der Waals surface area contributed by atoms with Crippen LogP contribution in [0.1, 0.15) is 146 Å². The molecule has 1 saturated heterocycles. The summed E-state index contributed by atoms with van der Waals surface area (Å²) in [6, 6.07) is 35.7. The van der Waals surface area contributed by atoms with E-state index in [1.165, 1.54) is 6.33 Å². The van der Waals surface area contributed by atoms with Crippen molar-refractivity contribution in [2.45, 2.75) is 199 Å². The molecule has 0 saturated carbocycles. The predicted octanol–water partition coefficient (Wildman–Crippen LogP) is 16.2. The topological polar surface area (TPSA) is 192 Å². The fourth-order valence-corrected chi connectivity index (χ4v) is 25.8. The van der Waals surface area contributed by atoms with E-state index in [1.54, 1.807) is 25.1 Å². The van der Waals surface area contributed by atoms with E-state index in [9.17, 15) is 10.1 Å². The number of amides is 1. The van der Waals surface area contributed by atoms with Gasteiger partial charge in [0.25, 0.3) is 16.8 Å². The van der Waals surface area contributed by atoms with Crippen molar-refractivity contribution in [1.29, 1.82) is 5.26 Å². The number of hydrogen-bond donors (Lipinski definition) is 1. The van der Waals surface area contributed by atoms with E-state index in [4.69, 9.17) is 56.3 Å². The lowest BCUT2D eigenvalue weighted by atomic mass is 9.80.